The van der Waals surface area contributed by atoms with E-state index in [0.717, 1.165) is 27.5 Å². The number of hydrogen-bond donors (Lipinski definition) is 3. The molecule has 0 aliphatic heterocycles. The molecule has 0 saturated carbocycles. The van der Waals surface area contributed by atoms with E-state index in [4.69, 9.17) is 35.4 Å². The van der Waals surface area contributed by atoms with Crippen LogP contribution in [-0.2, 0) is 4.79 Å². The van der Waals surface area contributed by atoms with Crippen LogP contribution in [0.25, 0.3) is 11.3 Å². The molecule has 0 saturated heterocycles. The molecule has 0 aliphatic carbocycles. The SMILES string of the molecule is O=C(CSc1ccc(NC(=S)Nc2ccccc2)cc1)Nc1nc(-c2ccc(Cl)c(Cl)c2)cs1. The fourth-order valence-corrected chi connectivity index (χ4v) is 4.84. The van der Waals surface area contributed by atoms with Crippen molar-refractivity contribution in [3.63, 3.8) is 0 Å². The molecule has 1 heterocycles. The van der Waals surface area contributed by atoms with Gasteiger partial charge in [0.05, 0.1) is 21.5 Å². The zero-order chi connectivity index (χ0) is 23.9. The van der Waals surface area contributed by atoms with Gasteiger partial charge in [0.15, 0.2) is 10.2 Å². The topological polar surface area (TPSA) is 66.1 Å². The van der Waals surface area contributed by atoms with E-state index in [1.165, 1.54) is 23.1 Å². The predicted molar refractivity (Wildman–Crippen MR) is 150 cm³/mol. The van der Waals surface area contributed by atoms with E-state index < -0.39 is 0 Å². The molecule has 5 nitrogen and oxygen atoms in total. The number of halogens is 2. The molecule has 4 aromatic rings. The summed E-state index contributed by atoms with van der Waals surface area (Å²) in [5.41, 5.74) is 3.35. The van der Waals surface area contributed by atoms with E-state index in [-0.39, 0.29) is 11.7 Å². The molecule has 0 aliphatic rings. The summed E-state index contributed by atoms with van der Waals surface area (Å²) >= 11 is 20.2. The maximum Gasteiger partial charge on any atom is 0.236 e. The standard InChI is InChI=1S/C24H18Cl2N4OS3/c25-19-11-6-15(12-20(19)26)21-13-34-24(29-21)30-22(31)14-33-18-9-7-17(8-10-18)28-23(32)27-16-4-2-1-3-5-16/h1-13H,14H2,(H2,27,28,32)(H,29,30,31). The zero-order valence-electron chi connectivity index (χ0n) is 17.5. The first-order valence-corrected chi connectivity index (χ1v) is 13.1. The maximum absolute atomic E-state index is 12.4. The number of carbonyl (C=O) groups excluding carboxylic acids is 1. The van der Waals surface area contributed by atoms with Gasteiger partial charge in [0.2, 0.25) is 5.91 Å². The summed E-state index contributed by atoms with van der Waals surface area (Å²) in [5.74, 6) is 0.137. The first-order chi connectivity index (χ1) is 16.5. The minimum Gasteiger partial charge on any atom is -0.332 e. The first kappa shape index (κ1) is 24.5. The summed E-state index contributed by atoms with van der Waals surface area (Å²) in [6, 6.07) is 22.8. The highest BCUT2D eigenvalue weighted by molar-refractivity contribution is 8.00. The predicted octanol–water partition coefficient (Wildman–Crippen LogP) is 7.66. The van der Waals surface area contributed by atoms with Crippen LogP contribution in [0, 0.1) is 0 Å². The number of aromatic nitrogens is 1. The average molecular weight is 546 g/mol. The Morgan fingerprint density at radius 2 is 1.62 bits per heavy atom. The Labute approximate surface area is 220 Å². The molecule has 10 heteroatoms. The number of thiocarbonyl (C=S) groups is 1. The highest BCUT2D eigenvalue weighted by atomic mass is 35.5. The molecule has 172 valence electrons. The molecule has 1 aromatic heterocycles. The van der Waals surface area contributed by atoms with Crippen molar-refractivity contribution in [2.75, 3.05) is 21.7 Å². The van der Waals surface area contributed by atoms with Crippen LogP contribution in [0.3, 0.4) is 0 Å². The van der Waals surface area contributed by atoms with E-state index in [0.29, 0.717) is 20.3 Å². The maximum atomic E-state index is 12.4. The molecule has 0 unspecified atom stereocenters. The van der Waals surface area contributed by atoms with Crippen molar-refractivity contribution in [3.05, 3.63) is 88.2 Å². The number of benzene rings is 3. The van der Waals surface area contributed by atoms with Crippen LogP contribution in [0.2, 0.25) is 10.0 Å². The van der Waals surface area contributed by atoms with Crippen molar-refractivity contribution in [1.29, 1.82) is 0 Å². The molecule has 3 aromatic carbocycles. The van der Waals surface area contributed by atoms with Crippen LogP contribution >= 0.6 is 58.5 Å². The van der Waals surface area contributed by atoms with E-state index in [2.05, 4.69) is 20.9 Å². The van der Waals surface area contributed by atoms with E-state index >= 15 is 0 Å². The zero-order valence-corrected chi connectivity index (χ0v) is 21.5. The third-order valence-electron chi connectivity index (χ3n) is 4.48. The normalized spacial score (nSPS) is 10.5. The number of hydrogen-bond acceptors (Lipinski definition) is 5. The van der Waals surface area contributed by atoms with Gasteiger partial charge in [-0.05, 0) is 60.7 Å². The van der Waals surface area contributed by atoms with Crippen molar-refractivity contribution in [3.8, 4) is 11.3 Å². The van der Waals surface area contributed by atoms with Gasteiger partial charge >= 0.3 is 0 Å². The van der Waals surface area contributed by atoms with Gasteiger partial charge in [0.1, 0.15) is 0 Å². The van der Waals surface area contributed by atoms with Crippen LogP contribution in [0.5, 0.6) is 0 Å². The van der Waals surface area contributed by atoms with Gasteiger partial charge in [0, 0.05) is 27.2 Å². The second-order valence-corrected chi connectivity index (χ2v) is 10.1. The summed E-state index contributed by atoms with van der Waals surface area (Å²) in [5, 5.41) is 13.0. The largest absolute Gasteiger partial charge is 0.332 e. The Morgan fingerprint density at radius 3 is 2.32 bits per heavy atom. The second kappa shape index (κ2) is 11.7. The molecule has 3 N–H and O–H groups in total. The number of nitrogens with one attached hydrogen (secondary N) is 3. The molecule has 0 fully saturated rings. The van der Waals surface area contributed by atoms with Gasteiger partial charge in [-0.3, -0.25) is 4.79 Å². The number of carbonyl (C=O) groups is 1. The Kier molecular flexibility index (Phi) is 8.42. The van der Waals surface area contributed by atoms with Gasteiger partial charge in [-0.25, -0.2) is 4.98 Å². The smallest absolute Gasteiger partial charge is 0.236 e. The van der Waals surface area contributed by atoms with Crippen LogP contribution < -0.4 is 16.0 Å². The summed E-state index contributed by atoms with van der Waals surface area (Å²) in [7, 11) is 0. The second-order valence-electron chi connectivity index (χ2n) is 6.97. The Bertz CT molecular complexity index is 1300. The fourth-order valence-electron chi connectivity index (χ4n) is 2.87. The summed E-state index contributed by atoms with van der Waals surface area (Å²) in [6.07, 6.45) is 0. The molecule has 34 heavy (non-hydrogen) atoms. The van der Waals surface area contributed by atoms with E-state index in [1.807, 2.05) is 66.0 Å². The summed E-state index contributed by atoms with van der Waals surface area (Å²) < 4.78 is 0. The third kappa shape index (κ3) is 6.94. The number of amides is 1. The van der Waals surface area contributed by atoms with Gasteiger partial charge in [-0.15, -0.1) is 23.1 Å². The monoisotopic (exact) mass is 544 g/mol. The molecule has 0 radical (unpaired) electrons. The van der Waals surface area contributed by atoms with Crippen molar-refractivity contribution in [2.45, 2.75) is 4.90 Å². The lowest BCUT2D eigenvalue weighted by molar-refractivity contribution is -0.113. The first-order valence-electron chi connectivity index (χ1n) is 10.0. The quantitative estimate of drug-likeness (QED) is 0.164. The third-order valence-corrected chi connectivity index (χ3v) is 7.19. The molecule has 4 rings (SSSR count). The fraction of sp³-hybridized carbons (Fsp3) is 0.0417. The van der Waals surface area contributed by atoms with Crippen LogP contribution in [0.15, 0.2) is 83.1 Å². The number of nitrogens with zero attached hydrogens (tertiary/aromatic N) is 1. The van der Waals surface area contributed by atoms with Gasteiger partial charge in [0.25, 0.3) is 0 Å². The van der Waals surface area contributed by atoms with Crippen molar-refractivity contribution in [1.82, 2.24) is 4.98 Å². The molecular weight excluding hydrogens is 527 g/mol. The molecule has 1 amide bonds. The Balaban J connectivity index is 1.25. The Morgan fingerprint density at radius 1 is 0.912 bits per heavy atom. The van der Waals surface area contributed by atoms with Crippen molar-refractivity contribution < 1.29 is 4.79 Å². The average Bonchev–Trinajstić information content (AvgIpc) is 3.29. The number of anilines is 3. The van der Waals surface area contributed by atoms with Crippen LogP contribution in [0.1, 0.15) is 0 Å². The highest BCUT2D eigenvalue weighted by Gasteiger charge is 2.10. The van der Waals surface area contributed by atoms with Crippen molar-refractivity contribution in [2.24, 2.45) is 0 Å². The highest BCUT2D eigenvalue weighted by Crippen LogP contribution is 2.30. The van der Waals surface area contributed by atoms with Crippen molar-refractivity contribution >= 4 is 86.0 Å². The van der Waals surface area contributed by atoms with Crippen LogP contribution in [0.4, 0.5) is 16.5 Å². The Hall–Kier alpha value is -2.62. The van der Waals surface area contributed by atoms with E-state index in [1.54, 1.807) is 12.1 Å². The molecular formula is C24H18Cl2N4OS3. The van der Waals surface area contributed by atoms with Crippen LogP contribution in [-0.4, -0.2) is 21.8 Å². The minimum absolute atomic E-state index is 0.129. The lowest BCUT2D eigenvalue weighted by Crippen LogP contribution is -2.18. The lowest BCUT2D eigenvalue weighted by Gasteiger charge is -2.11. The van der Waals surface area contributed by atoms with E-state index in [9.17, 15) is 4.79 Å². The molecule has 0 bridgehead atoms. The lowest BCUT2D eigenvalue weighted by atomic mass is 10.2. The number of para-hydroxylation sites is 1. The summed E-state index contributed by atoms with van der Waals surface area (Å²) in [6.45, 7) is 0. The summed E-state index contributed by atoms with van der Waals surface area (Å²) in [4.78, 5) is 17.8. The number of thioether (sulfide) groups is 1. The van der Waals surface area contributed by atoms with Gasteiger partial charge in [-0.1, -0.05) is 47.5 Å². The molecule has 0 atom stereocenters. The number of rotatable bonds is 7. The number of thiazole rings is 1. The minimum atomic E-state index is -0.129. The van der Waals surface area contributed by atoms with Gasteiger partial charge in [-0.2, -0.15) is 0 Å². The molecule has 0 spiro atoms. The van der Waals surface area contributed by atoms with Gasteiger partial charge < -0.3 is 16.0 Å².